The van der Waals surface area contributed by atoms with Crippen LogP contribution in [0.4, 0.5) is 13.2 Å². The lowest BCUT2D eigenvalue weighted by Gasteiger charge is -2.26. The molecule has 1 aromatic carbocycles. The van der Waals surface area contributed by atoms with Gasteiger partial charge in [-0.2, -0.15) is 18.4 Å². The second kappa shape index (κ2) is 5.06. The van der Waals surface area contributed by atoms with Crippen LogP contribution in [-0.2, 0) is 11.0 Å². The van der Waals surface area contributed by atoms with Gasteiger partial charge in [0.05, 0.1) is 33.6 Å². The van der Waals surface area contributed by atoms with Crippen molar-refractivity contribution in [1.29, 1.82) is 5.26 Å². The van der Waals surface area contributed by atoms with E-state index in [-0.39, 0.29) is 16.3 Å². The molecule has 1 aromatic rings. The molecule has 3 nitrogen and oxygen atoms in total. The summed E-state index contributed by atoms with van der Waals surface area (Å²) in [6.07, 6.45) is -4.66. The number of benzene rings is 1. The molecule has 1 heterocycles. The zero-order chi connectivity index (χ0) is 16.9. The number of Topliss-reactive ketones (excluding diaryl/α,β-unsaturated/α-hetero) is 1. The molecule has 1 fully saturated rings. The molecule has 0 saturated carbocycles. The van der Waals surface area contributed by atoms with E-state index in [1.165, 1.54) is 12.1 Å². The number of carbonyl (C=O) groups is 1. The molecule has 2 rings (SSSR count). The van der Waals surface area contributed by atoms with Crippen molar-refractivity contribution in [2.75, 3.05) is 7.05 Å². The van der Waals surface area contributed by atoms with Gasteiger partial charge in [-0.3, -0.25) is 4.79 Å². The van der Waals surface area contributed by atoms with E-state index in [4.69, 9.17) is 17.5 Å². The predicted octanol–water partition coefficient (Wildman–Crippen LogP) is 3.28. The van der Waals surface area contributed by atoms with E-state index in [0.29, 0.717) is 0 Å². The van der Waals surface area contributed by atoms with Gasteiger partial charge in [-0.1, -0.05) is 18.3 Å². The molecule has 1 aliphatic rings. The number of nitriles is 1. The molecule has 0 aliphatic carbocycles. The van der Waals surface area contributed by atoms with Gasteiger partial charge in [0.1, 0.15) is 0 Å². The van der Waals surface area contributed by atoms with Crippen molar-refractivity contribution < 1.29 is 18.0 Å². The second-order valence-electron chi connectivity index (χ2n) is 5.67. The van der Waals surface area contributed by atoms with Crippen molar-refractivity contribution in [2.45, 2.75) is 31.5 Å². The van der Waals surface area contributed by atoms with Crippen molar-refractivity contribution in [1.82, 2.24) is 4.90 Å². The molecule has 1 saturated heterocycles. The van der Waals surface area contributed by atoms with E-state index in [2.05, 4.69) is 0 Å². The minimum Gasteiger partial charge on any atom is -0.356 e. The summed E-state index contributed by atoms with van der Waals surface area (Å²) < 4.78 is 39.1. The molecule has 1 unspecified atom stereocenters. The third kappa shape index (κ3) is 2.37. The first kappa shape index (κ1) is 16.4. The van der Waals surface area contributed by atoms with Crippen molar-refractivity contribution in [3.8, 4) is 6.07 Å². The monoisotopic (exact) mass is 326 g/mol. The second-order valence-corrected chi connectivity index (χ2v) is 6.09. The Hall–Kier alpha value is -1.94. The maximum absolute atomic E-state index is 13.0. The summed E-state index contributed by atoms with van der Waals surface area (Å²) in [5.74, 6) is -1.15. The van der Waals surface area contributed by atoms with Gasteiger partial charge in [0.15, 0.2) is 5.78 Å². The molecule has 0 radical (unpaired) electrons. The molecule has 7 heteroatoms. The van der Waals surface area contributed by atoms with E-state index < -0.39 is 28.8 Å². The van der Waals surface area contributed by atoms with Crippen molar-refractivity contribution in [3.05, 3.63) is 34.9 Å². The number of hydrogen-bond acceptors (Lipinski definition) is 3. The average Bonchev–Trinajstić information content (AvgIpc) is 2.58. The highest BCUT2D eigenvalue weighted by atomic mass is 32.1. The lowest BCUT2D eigenvalue weighted by atomic mass is 9.88. The van der Waals surface area contributed by atoms with Crippen LogP contribution < -0.4 is 0 Å². The molecule has 0 N–H and O–H groups in total. The highest BCUT2D eigenvalue weighted by Crippen LogP contribution is 2.39. The number of ketones is 1. The number of nitrogens with zero attached hydrogens (tertiary/aromatic N) is 2. The zero-order valence-electron chi connectivity index (χ0n) is 12.2. The van der Waals surface area contributed by atoms with Crippen LogP contribution in [0.15, 0.2) is 18.2 Å². The van der Waals surface area contributed by atoms with Crippen LogP contribution in [0.3, 0.4) is 0 Å². The van der Waals surface area contributed by atoms with Crippen LogP contribution in [0.5, 0.6) is 0 Å². The Morgan fingerprint density at radius 2 is 1.95 bits per heavy atom. The van der Waals surface area contributed by atoms with Crippen LogP contribution in [0.25, 0.3) is 0 Å². The molecule has 1 atom stereocenters. The predicted molar refractivity (Wildman–Crippen MR) is 78.3 cm³/mol. The summed E-state index contributed by atoms with van der Waals surface area (Å²) in [6, 6.07) is 4.81. The van der Waals surface area contributed by atoms with Gasteiger partial charge < -0.3 is 4.90 Å². The normalized spacial score (nSPS) is 21.1. The first-order valence-corrected chi connectivity index (χ1v) is 6.86. The third-order valence-corrected chi connectivity index (χ3v) is 4.59. The molecule has 22 heavy (non-hydrogen) atoms. The number of thiocarbonyl (C=S) groups is 1. The number of alkyl halides is 3. The lowest BCUT2D eigenvalue weighted by Crippen LogP contribution is -2.41. The summed E-state index contributed by atoms with van der Waals surface area (Å²) in [7, 11) is 1.65. The number of hydrogen-bond donors (Lipinski definition) is 0. The van der Waals surface area contributed by atoms with Gasteiger partial charge in [0, 0.05) is 7.05 Å². The Balaban J connectivity index is 2.58. The molecule has 1 aliphatic heterocycles. The average molecular weight is 326 g/mol. The van der Waals surface area contributed by atoms with Gasteiger partial charge in [0.2, 0.25) is 0 Å². The zero-order valence-corrected chi connectivity index (χ0v) is 13.0. The fourth-order valence-electron chi connectivity index (χ4n) is 2.47. The van der Waals surface area contributed by atoms with E-state index in [1.54, 1.807) is 25.8 Å². The molecular weight excluding hydrogens is 313 g/mol. The number of halogens is 3. The Bertz CT molecular complexity index is 704. The van der Waals surface area contributed by atoms with E-state index in [0.717, 1.165) is 12.1 Å². The molecule has 0 spiro atoms. The summed E-state index contributed by atoms with van der Waals surface area (Å²) in [6.45, 7) is 3.35. The maximum atomic E-state index is 13.0. The van der Waals surface area contributed by atoms with Crippen LogP contribution in [0.2, 0.25) is 0 Å². The Morgan fingerprint density at radius 3 is 2.36 bits per heavy atom. The van der Waals surface area contributed by atoms with Gasteiger partial charge in [0.25, 0.3) is 0 Å². The minimum atomic E-state index is -4.66. The molecule has 116 valence electrons. The Morgan fingerprint density at radius 1 is 1.36 bits per heavy atom. The van der Waals surface area contributed by atoms with Gasteiger partial charge in [-0.05, 0) is 31.5 Å². The quantitative estimate of drug-likeness (QED) is 0.743. The minimum absolute atomic E-state index is 0.166. The summed E-state index contributed by atoms with van der Waals surface area (Å²) in [5, 5.41) is 8.82. The van der Waals surface area contributed by atoms with Crippen LogP contribution >= 0.6 is 12.2 Å². The third-order valence-electron chi connectivity index (χ3n) is 4.08. The number of likely N-dealkylation sites (N-methyl/N-ethyl adjacent to an activating group) is 1. The largest absolute Gasteiger partial charge is 0.417 e. The molecular formula is C15H13F3N2OS. The van der Waals surface area contributed by atoms with Gasteiger partial charge in [-0.15, -0.1) is 0 Å². The molecule has 0 aromatic heterocycles. The van der Waals surface area contributed by atoms with E-state index in [9.17, 15) is 18.0 Å². The van der Waals surface area contributed by atoms with Crippen molar-refractivity contribution in [3.63, 3.8) is 0 Å². The summed E-state index contributed by atoms with van der Waals surface area (Å²) >= 11 is 5.23. The smallest absolute Gasteiger partial charge is 0.356 e. The lowest BCUT2D eigenvalue weighted by molar-refractivity contribution is -0.138. The summed E-state index contributed by atoms with van der Waals surface area (Å²) in [4.78, 5) is 14.4. The van der Waals surface area contributed by atoms with Gasteiger partial charge in [-0.25, -0.2) is 0 Å². The van der Waals surface area contributed by atoms with Crippen LogP contribution in [0, 0.1) is 11.3 Å². The SMILES string of the molecule is CN1C(=S)C(c2ccc(C#N)c(C(F)(F)F)c2)C(=O)C1(C)C. The number of rotatable bonds is 1. The molecule has 0 amide bonds. The van der Waals surface area contributed by atoms with Gasteiger partial charge >= 0.3 is 6.18 Å². The maximum Gasteiger partial charge on any atom is 0.417 e. The Labute approximate surface area is 131 Å². The van der Waals surface area contributed by atoms with Crippen LogP contribution in [0.1, 0.15) is 36.5 Å². The first-order chi connectivity index (χ1) is 10.0. The van der Waals surface area contributed by atoms with E-state index >= 15 is 0 Å². The first-order valence-electron chi connectivity index (χ1n) is 6.45. The highest BCUT2D eigenvalue weighted by Gasteiger charge is 2.49. The fraction of sp³-hybridized carbons (Fsp3) is 0.400. The summed E-state index contributed by atoms with van der Waals surface area (Å²) in [5.41, 5.74) is -2.22. The Kier molecular flexibility index (Phi) is 3.78. The molecule has 0 bridgehead atoms. The van der Waals surface area contributed by atoms with E-state index in [1.807, 2.05) is 0 Å². The highest BCUT2D eigenvalue weighted by molar-refractivity contribution is 7.80. The van der Waals surface area contributed by atoms with Crippen molar-refractivity contribution in [2.24, 2.45) is 0 Å². The number of carbonyl (C=O) groups excluding carboxylic acids is 1. The fourth-order valence-corrected chi connectivity index (χ4v) is 2.94. The number of likely N-dealkylation sites (tertiary alicyclic amines) is 1. The van der Waals surface area contributed by atoms with Crippen molar-refractivity contribution >= 4 is 23.0 Å². The topological polar surface area (TPSA) is 44.1 Å². The van der Waals surface area contributed by atoms with Crippen LogP contribution in [-0.4, -0.2) is 28.3 Å². The standard InChI is InChI=1S/C15H13F3N2OS/c1-14(2)12(21)11(13(22)20(14)3)8-4-5-9(7-19)10(6-8)15(16,17)18/h4-6,11H,1-3H3.